The first kappa shape index (κ1) is 13.3. The summed E-state index contributed by atoms with van der Waals surface area (Å²) in [5.74, 6) is 0.684. The van der Waals surface area contributed by atoms with Crippen LogP contribution in [-0.2, 0) is 6.54 Å². The number of hydrogen-bond acceptors (Lipinski definition) is 3. The quantitative estimate of drug-likeness (QED) is 0.928. The van der Waals surface area contributed by atoms with Crippen molar-refractivity contribution in [2.75, 3.05) is 0 Å². The maximum absolute atomic E-state index is 4.70. The Kier molecular flexibility index (Phi) is 3.34. The first-order valence-corrected chi connectivity index (χ1v) is 7.27. The van der Waals surface area contributed by atoms with Crippen LogP contribution in [0.5, 0.6) is 0 Å². The van der Waals surface area contributed by atoms with Crippen molar-refractivity contribution in [1.82, 2.24) is 20.1 Å². The van der Waals surface area contributed by atoms with Crippen LogP contribution in [0.2, 0.25) is 0 Å². The molecule has 0 saturated heterocycles. The van der Waals surface area contributed by atoms with Crippen molar-refractivity contribution in [3.05, 3.63) is 42.0 Å². The predicted molar refractivity (Wildman–Crippen MR) is 79.9 cm³/mol. The Morgan fingerprint density at radius 1 is 1.30 bits per heavy atom. The van der Waals surface area contributed by atoms with Crippen molar-refractivity contribution in [2.45, 2.75) is 51.6 Å². The normalized spacial score (nSPS) is 15.6. The van der Waals surface area contributed by atoms with Gasteiger partial charge in [-0.25, -0.2) is 4.68 Å². The number of nitrogens with one attached hydrogen (secondary N) is 1. The van der Waals surface area contributed by atoms with E-state index < -0.39 is 0 Å². The van der Waals surface area contributed by atoms with Crippen LogP contribution in [0.1, 0.15) is 50.8 Å². The number of nitrogens with zero attached hydrogens (tertiary/aromatic N) is 3. The number of hydrogen-bond donors (Lipinski definition) is 1. The summed E-state index contributed by atoms with van der Waals surface area (Å²) in [5.41, 5.74) is 3.60. The summed E-state index contributed by atoms with van der Waals surface area (Å²) in [6.45, 7) is 7.34. The Balaban J connectivity index is 1.84. The molecule has 2 aromatic heterocycles. The van der Waals surface area contributed by atoms with E-state index in [0.717, 1.165) is 12.2 Å². The zero-order valence-corrected chi connectivity index (χ0v) is 12.4. The molecule has 106 valence electrons. The predicted octanol–water partition coefficient (Wildman–Crippen LogP) is 3.03. The second kappa shape index (κ2) is 5.02. The molecule has 1 N–H and O–H groups in total. The molecule has 1 fully saturated rings. The topological polar surface area (TPSA) is 42.7 Å². The fraction of sp³-hybridized carbons (Fsp3) is 0.500. The lowest BCUT2D eigenvalue weighted by atomic mass is 10.1. The van der Waals surface area contributed by atoms with Gasteiger partial charge < -0.3 is 5.32 Å². The first-order valence-electron chi connectivity index (χ1n) is 7.27. The second-order valence-corrected chi connectivity index (χ2v) is 6.57. The molecule has 0 aromatic carbocycles. The molecule has 2 heterocycles. The summed E-state index contributed by atoms with van der Waals surface area (Å²) in [4.78, 5) is 4.25. The smallest absolute Gasteiger partial charge is 0.0873 e. The molecule has 3 rings (SSSR count). The first-order chi connectivity index (χ1) is 9.53. The van der Waals surface area contributed by atoms with E-state index in [0.29, 0.717) is 5.92 Å². The lowest BCUT2D eigenvalue weighted by molar-refractivity contribution is 0.423. The van der Waals surface area contributed by atoms with Crippen LogP contribution in [0.15, 0.2) is 30.7 Å². The van der Waals surface area contributed by atoms with Crippen molar-refractivity contribution in [3.8, 4) is 5.69 Å². The largest absolute Gasteiger partial charge is 0.308 e. The molecular formula is C16H22N4. The summed E-state index contributed by atoms with van der Waals surface area (Å²) < 4.78 is 1.96. The molecule has 0 spiro atoms. The number of pyridine rings is 1. The van der Waals surface area contributed by atoms with Gasteiger partial charge in [0.15, 0.2) is 0 Å². The maximum atomic E-state index is 4.70. The summed E-state index contributed by atoms with van der Waals surface area (Å²) in [6, 6.07) is 4.19. The fourth-order valence-corrected chi connectivity index (χ4v) is 2.20. The van der Waals surface area contributed by atoms with Crippen molar-refractivity contribution < 1.29 is 0 Å². The van der Waals surface area contributed by atoms with Crippen LogP contribution in [0.4, 0.5) is 0 Å². The van der Waals surface area contributed by atoms with Gasteiger partial charge >= 0.3 is 0 Å². The zero-order valence-electron chi connectivity index (χ0n) is 12.4. The third-order valence-corrected chi connectivity index (χ3v) is 3.55. The highest BCUT2D eigenvalue weighted by molar-refractivity contribution is 5.38. The molecule has 20 heavy (non-hydrogen) atoms. The number of aromatic nitrogens is 3. The maximum Gasteiger partial charge on any atom is 0.0873 e. The van der Waals surface area contributed by atoms with E-state index in [-0.39, 0.29) is 5.54 Å². The standard InChI is InChI=1S/C16H22N4/c1-16(2,3)18-10-13-6-8-17-11-15(13)20-9-7-14(19-20)12-4-5-12/h6-9,11-12,18H,4-5,10H2,1-3H3. The highest BCUT2D eigenvalue weighted by Gasteiger charge is 2.26. The molecular weight excluding hydrogens is 248 g/mol. The average molecular weight is 270 g/mol. The highest BCUT2D eigenvalue weighted by Crippen LogP contribution is 2.39. The lowest BCUT2D eigenvalue weighted by Crippen LogP contribution is -2.35. The zero-order chi connectivity index (χ0) is 14.2. The molecule has 4 nitrogen and oxygen atoms in total. The Morgan fingerprint density at radius 2 is 2.10 bits per heavy atom. The molecule has 0 aliphatic heterocycles. The van der Waals surface area contributed by atoms with Crippen LogP contribution >= 0.6 is 0 Å². The third-order valence-electron chi connectivity index (χ3n) is 3.55. The highest BCUT2D eigenvalue weighted by atomic mass is 15.3. The second-order valence-electron chi connectivity index (χ2n) is 6.57. The Labute approximate surface area is 120 Å². The third kappa shape index (κ3) is 3.07. The Bertz CT molecular complexity index is 591. The van der Waals surface area contributed by atoms with Crippen molar-refractivity contribution >= 4 is 0 Å². The minimum atomic E-state index is 0.101. The molecule has 1 saturated carbocycles. The molecule has 2 aromatic rings. The van der Waals surface area contributed by atoms with E-state index in [9.17, 15) is 0 Å². The van der Waals surface area contributed by atoms with Gasteiger partial charge in [0.1, 0.15) is 0 Å². The van der Waals surface area contributed by atoms with Gasteiger partial charge in [-0.2, -0.15) is 5.10 Å². The average Bonchev–Trinajstić information content (AvgIpc) is 3.14. The minimum Gasteiger partial charge on any atom is -0.308 e. The summed E-state index contributed by atoms with van der Waals surface area (Å²) in [5, 5.41) is 8.22. The Morgan fingerprint density at radius 3 is 2.80 bits per heavy atom. The van der Waals surface area contributed by atoms with Gasteiger partial charge in [0.25, 0.3) is 0 Å². The molecule has 0 bridgehead atoms. The molecule has 0 atom stereocenters. The van der Waals surface area contributed by atoms with Crippen molar-refractivity contribution in [1.29, 1.82) is 0 Å². The monoisotopic (exact) mass is 270 g/mol. The van der Waals surface area contributed by atoms with E-state index in [2.05, 4.69) is 43.2 Å². The van der Waals surface area contributed by atoms with Crippen molar-refractivity contribution in [3.63, 3.8) is 0 Å². The summed E-state index contributed by atoms with van der Waals surface area (Å²) in [6.07, 6.45) is 8.34. The van der Waals surface area contributed by atoms with Crippen LogP contribution in [0.3, 0.4) is 0 Å². The Hall–Kier alpha value is -1.68. The van der Waals surface area contributed by atoms with E-state index in [1.165, 1.54) is 24.1 Å². The van der Waals surface area contributed by atoms with Crippen LogP contribution in [0, 0.1) is 0 Å². The van der Waals surface area contributed by atoms with Crippen LogP contribution < -0.4 is 5.32 Å². The lowest BCUT2D eigenvalue weighted by Gasteiger charge is -2.21. The van der Waals surface area contributed by atoms with Crippen LogP contribution in [-0.4, -0.2) is 20.3 Å². The van der Waals surface area contributed by atoms with Gasteiger partial charge in [0.05, 0.1) is 17.6 Å². The van der Waals surface area contributed by atoms with E-state index in [1.807, 2.05) is 23.3 Å². The molecule has 1 aliphatic carbocycles. The van der Waals surface area contributed by atoms with Gasteiger partial charge in [-0.3, -0.25) is 4.98 Å². The van der Waals surface area contributed by atoms with E-state index in [1.54, 1.807) is 0 Å². The SMILES string of the molecule is CC(C)(C)NCc1ccncc1-n1ccc(C2CC2)n1. The molecule has 0 unspecified atom stereocenters. The van der Waals surface area contributed by atoms with Gasteiger partial charge in [-0.05, 0) is 51.3 Å². The van der Waals surface area contributed by atoms with Crippen LogP contribution in [0.25, 0.3) is 5.69 Å². The van der Waals surface area contributed by atoms with E-state index >= 15 is 0 Å². The molecule has 4 heteroatoms. The summed E-state index contributed by atoms with van der Waals surface area (Å²) in [7, 11) is 0. The van der Waals surface area contributed by atoms with Gasteiger partial charge in [-0.1, -0.05) is 0 Å². The minimum absolute atomic E-state index is 0.101. The molecule has 0 radical (unpaired) electrons. The molecule has 1 aliphatic rings. The van der Waals surface area contributed by atoms with Gasteiger partial charge in [-0.15, -0.1) is 0 Å². The number of rotatable bonds is 4. The molecule has 0 amide bonds. The fourth-order valence-electron chi connectivity index (χ4n) is 2.20. The summed E-state index contributed by atoms with van der Waals surface area (Å²) >= 11 is 0. The van der Waals surface area contributed by atoms with Gasteiger partial charge in [0.2, 0.25) is 0 Å². The van der Waals surface area contributed by atoms with E-state index in [4.69, 9.17) is 5.10 Å². The van der Waals surface area contributed by atoms with Gasteiger partial charge in [0, 0.05) is 30.4 Å². The van der Waals surface area contributed by atoms with Crippen molar-refractivity contribution in [2.24, 2.45) is 0 Å².